The maximum absolute atomic E-state index is 12.3. The summed E-state index contributed by atoms with van der Waals surface area (Å²) in [5, 5.41) is 12.0. The minimum Gasteiger partial charge on any atom is -0.486 e. The van der Waals surface area contributed by atoms with Gasteiger partial charge in [0, 0.05) is 12.7 Å². The number of hydrogen-bond donors (Lipinski definition) is 1. The van der Waals surface area contributed by atoms with Crippen molar-refractivity contribution in [1.82, 2.24) is 14.8 Å². The van der Waals surface area contributed by atoms with E-state index in [1.165, 1.54) is 28.5 Å². The van der Waals surface area contributed by atoms with Crippen molar-refractivity contribution in [2.75, 3.05) is 11.1 Å². The molecule has 0 saturated carbocycles. The fourth-order valence-electron chi connectivity index (χ4n) is 2.83. The first-order chi connectivity index (χ1) is 14.3. The molecule has 0 aliphatic rings. The Kier molecular flexibility index (Phi) is 7.15. The molecular formula is C23H28N4O2S. The Morgan fingerprint density at radius 1 is 1.10 bits per heavy atom. The number of hydrogen-bond acceptors (Lipinski definition) is 5. The van der Waals surface area contributed by atoms with E-state index in [0.717, 1.165) is 11.4 Å². The van der Waals surface area contributed by atoms with Crippen LogP contribution in [0.15, 0.2) is 47.6 Å². The summed E-state index contributed by atoms with van der Waals surface area (Å²) < 4.78 is 7.70. The maximum Gasteiger partial charge on any atom is 0.234 e. The zero-order valence-corrected chi connectivity index (χ0v) is 18.9. The van der Waals surface area contributed by atoms with Gasteiger partial charge in [-0.15, -0.1) is 10.2 Å². The Balaban J connectivity index is 1.51. The van der Waals surface area contributed by atoms with Crippen LogP contribution in [0.1, 0.15) is 42.3 Å². The Morgan fingerprint density at radius 3 is 2.50 bits per heavy atom. The van der Waals surface area contributed by atoms with E-state index in [1.807, 2.05) is 54.1 Å². The lowest BCUT2D eigenvalue weighted by Crippen LogP contribution is -2.14. The molecule has 0 spiro atoms. The molecule has 0 radical (unpaired) electrons. The van der Waals surface area contributed by atoms with Gasteiger partial charge in [0.1, 0.15) is 12.4 Å². The number of benzene rings is 2. The number of carbonyl (C=O) groups is 1. The molecule has 7 heteroatoms. The van der Waals surface area contributed by atoms with Crippen LogP contribution in [0.2, 0.25) is 0 Å². The highest BCUT2D eigenvalue weighted by Gasteiger charge is 2.12. The summed E-state index contributed by atoms with van der Waals surface area (Å²) in [4.78, 5) is 12.3. The van der Waals surface area contributed by atoms with Crippen LogP contribution in [0.5, 0.6) is 5.75 Å². The second-order valence-electron chi connectivity index (χ2n) is 7.61. The molecule has 0 saturated heterocycles. The third kappa shape index (κ3) is 5.63. The van der Waals surface area contributed by atoms with Crippen molar-refractivity contribution in [3.63, 3.8) is 0 Å². The van der Waals surface area contributed by atoms with Crippen LogP contribution >= 0.6 is 11.8 Å². The van der Waals surface area contributed by atoms with Gasteiger partial charge in [0.05, 0.1) is 5.75 Å². The van der Waals surface area contributed by atoms with Crippen LogP contribution in [-0.2, 0) is 18.4 Å². The van der Waals surface area contributed by atoms with Crippen molar-refractivity contribution in [3.05, 3.63) is 65.0 Å². The Bertz CT molecular complexity index is 1010. The minimum absolute atomic E-state index is 0.0757. The predicted octanol–water partition coefficient (Wildman–Crippen LogP) is 4.87. The van der Waals surface area contributed by atoms with E-state index in [9.17, 15) is 4.79 Å². The van der Waals surface area contributed by atoms with E-state index in [-0.39, 0.29) is 11.7 Å². The van der Waals surface area contributed by atoms with Crippen LogP contribution < -0.4 is 10.1 Å². The largest absolute Gasteiger partial charge is 0.486 e. The highest BCUT2D eigenvalue weighted by atomic mass is 32.2. The molecule has 30 heavy (non-hydrogen) atoms. The second-order valence-corrected chi connectivity index (χ2v) is 8.55. The molecule has 1 N–H and O–H groups in total. The van der Waals surface area contributed by atoms with E-state index < -0.39 is 0 Å². The van der Waals surface area contributed by atoms with Crippen LogP contribution in [-0.4, -0.2) is 26.4 Å². The summed E-state index contributed by atoms with van der Waals surface area (Å²) >= 11 is 1.35. The molecule has 0 bridgehead atoms. The second kappa shape index (κ2) is 9.80. The van der Waals surface area contributed by atoms with E-state index in [1.54, 1.807) is 0 Å². The monoisotopic (exact) mass is 424 g/mol. The van der Waals surface area contributed by atoms with Crippen molar-refractivity contribution in [3.8, 4) is 5.75 Å². The molecule has 0 unspecified atom stereocenters. The molecule has 3 aromatic rings. The lowest BCUT2D eigenvalue weighted by atomic mass is 10.0. The van der Waals surface area contributed by atoms with Crippen molar-refractivity contribution in [2.45, 2.75) is 45.4 Å². The van der Waals surface area contributed by atoms with E-state index in [0.29, 0.717) is 23.5 Å². The van der Waals surface area contributed by atoms with E-state index in [2.05, 4.69) is 43.2 Å². The number of thioether (sulfide) groups is 1. The Hall–Kier alpha value is -2.80. The first-order valence-electron chi connectivity index (χ1n) is 9.94. The first kappa shape index (κ1) is 21.9. The van der Waals surface area contributed by atoms with Gasteiger partial charge in [0.2, 0.25) is 5.91 Å². The van der Waals surface area contributed by atoms with Gasteiger partial charge in [-0.05, 0) is 60.7 Å². The summed E-state index contributed by atoms with van der Waals surface area (Å²) in [7, 11) is 1.88. The van der Waals surface area contributed by atoms with Crippen LogP contribution in [0.3, 0.4) is 0 Å². The third-order valence-corrected chi connectivity index (χ3v) is 5.99. The zero-order valence-electron chi connectivity index (χ0n) is 18.1. The molecule has 1 heterocycles. The average Bonchev–Trinajstić information content (AvgIpc) is 3.07. The van der Waals surface area contributed by atoms with Gasteiger partial charge in [-0.1, -0.05) is 43.8 Å². The van der Waals surface area contributed by atoms with Gasteiger partial charge >= 0.3 is 0 Å². The molecule has 2 aromatic carbocycles. The number of nitrogens with one attached hydrogen (secondary N) is 1. The fourth-order valence-corrected chi connectivity index (χ4v) is 3.56. The van der Waals surface area contributed by atoms with Gasteiger partial charge < -0.3 is 14.6 Å². The molecule has 6 nitrogen and oxygen atoms in total. The summed E-state index contributed by atoms with van der Waals surface area (Å²) in [5.41, 5.74) is 4.46. The third-order valence-electron chi connectivity index (χ3n) is 4.96. The van der Waals surface area contributed by atoms with Gasteiger partial charge in [0.15, 0.2) is 11.0 Å². The number of ether oxygens (including phenoxy) is 1. The maximum atomic E-state index is 12.3. The highest BCUT2D eigenvalue weighted by molar-refractivity contribution is 7.99. The quantitative estimate of drug-likeness (QED) is 0.523. The molecule has 158 valence electrons. The number of aromatic nitrogens is 3. The molecule has 1 amide bonds. The summed E-state index contributed by atoms with van der Waals surface area (Å²) in [6.45, 7) is 8.74. The topological polar surface area (TPSA) is 69.0 Å². The highest BCUT2D eigenvalue weighted by Crippen LogP contribution is 2.21. The van der Waals surface area contributed by atoms with E-state index >= 15 is 0 Å². The number of carbonyl (C=O) groups excluding carboxylic acids is 1. The van der Waals surface area contributed by atoms with Gasteiger partial charge in [0.25, 0.3) is 0 Å². The van der Waals surface area contributed by atoms with Crippen molar-refractivity contribution in [1.29, 1.82) is 0 Å². The summed E-state index contributed by atoms with van der Waals surface area (Å²) in [6.07, 6.45) is 0. The fraction of sp³-hybridized carbons (Fsp3) is 0.348. The van der Waals surface area contributed by atoms with Gasteiger partial charge in [-0.25, -0.2) is 0 Å². The van der Waals surface area contributed by atoms with Crippen LogP contribution in [0, 0.1) is 13.8 Å². The summed E-state index contributed by atoms with van der Waals surface area (Å²) in [5.74, 6) is 2.16. The Morgan fingerprint density at radius 2 is 1.83 bits per heavy atom. The average molecular weight is 425 g/mol. The lowest BCUT2D eigenvalue weighted by Gasteiger charge is -2.09. The van der Waals surface area contributed by atoms with Crippen molar-refractivity contribution in [2.24, 2.45) is 7.05 Å². The van der Waals surface area contributed by atoms with Gasteiger partial charge in [-0.2, -0.15) is 0 Å². The molecule has 1 aromatic heterocycles. The number of aryl methyl sites for hydroxylation is 2. The normalized spacial score (nSPS) is 11.0. The number of rotatable bonds is 8. The molecule has 3 rings (SSSR count). The molecule has 0 aliphatic carbocycles. The first-order valence-corrected chi connectivity index (χ1v) is 10.9. The number of nitrogens with zero attached hydrogens (tertiary/aromatic N) is 3. The van der Waals surface area contributed by atoms with Gasteiger partial charge in [-0.3, -0.25) is 4.79 Å². The SMILES string of the molecule is Cc1ccc(OCc2nnc(SCC(=O)Nc3ccc(C(C)C)cc3)n2C)cc1C. The number of anilines is 1. The lowest BCUT2D eigenvalue weighted by molar-refractivity contribution is -0.113. The molecule has 0 fully saturated rings. The predicted molar refractivity (Wildman–Crippen MR) is 121 cm³/mol. The van der Waals surface area contributed by atoms with E-state index in [4.69, 9.17) is 4.74 Å². The Labute approximate surface area is 182 Å². The van der Waals surface area contributed by atoms with Crippen molar-refractivity contribution >= 4 is 23.4 Å². The number of amides is 1. The smallest absolute Gasteiger partial charge is 0.234 e. The molecule has 0 aliphatic heterocycles. The van der Waals surface area contributed by atoms with Crippen molar-refractivity contribution < 1.29 is 9.53 Å². The minimum atomic E-state index is -0.0757. The zero-order chi connectivity index (χ0) is 21.7. The summed E-state index contributed by atoms with van der Waals surface area (Å²) in [6, 6.07) is 13.9. The molecular weight excluding hydrogens is 396 g/mol. The molecule has 0 atom stereocenters. The van der Waals surface area contributed by atoms with Crippen LogP contribution in [0.25, 0.3) is 0 Å². The van der Waals surface area contributed by atoms with Crippen LogP contribution in [0.4, 0.5) is 5.69 Å². The standard InChI is InChI=1S/C23H28N4O2S/c1-15(2)18-7-9-19(10-8-18)24-22(28)14-30-23-26-25-21(27(23)5)13-29-20-11-6-16(3)17(4)12-20/h6-12,15H,13-14H2,1-5H3,(H,24,28).